The van der Waals surface area contributed by atoms with E-state index in [1.165, 1.54) is 0 Å². The molecule has 0 aliphatic carbocycles. The molecule has 1 aromatic rings. The van der Waals surface area contributed by atoms with E-state index in [1.807, 2.05) is 24.3 Å². The van der Waals surface area contributed by atoms with Crippen LogP contribution in [-0.2, 0) is 11.2 Å². The number of benzene rings is 1. The third-order valence-electron chi connectivity index (χ3n) is 4.51. The topological polar surface area (TPSA) is 78.9 Å². The van der Waals surface area contributed by atoms with Gasteiger partial charge in [-0.05, 0) is 43.4 Å². The van der Waals surface area contributed by atoms with Crippen molar-refractivity contribution in [3.05, 3.63) is 29.8 Å². The zero-order valence-corrected chi connectivity index (χ0v) is 14.9. The Morgan fingerprint density at radius 1 is 1.24 bits per heavy atom. The van der Waals surface area contributed by atoms with Gasteiger partial charge in [0.15, 0.2) is 0 Å². The highest BCUT2D eigenvalue weighted by atomic mass is 16.5. The van der Waals surface area contributed by atoms with Gasteiger partial charge in [0.05, 0.1) is 12.5 Å². The molecule has 0 radical (unpaired) electrons. The van der Waals surface area contributed by atoms with Gasteiger partial charge in [0.1, 0.15) is 5.75 Å². The van der Waals surface area contributed by atoms with Crippen LogP contribution in [0.4, 0.5) is 4.79 Å². The minimum absolute atomic E-state index is 0.108. The van der Waals surface area contributed by atoms with Crippen LogP contribution >= 0.6 is 0 Å². The van der Waals surface area contributed by atoms with E-state index >= 15 is 0 Å². The average molecular weight is 348 g/mol. The van der Waals surface area contributed by atoms with Crippen molar-refractivity contribution in [1.82, 2.24) is 10.2 Å². The average Bonchev–Trinajstić information content (AvgIpc) is 2.63. The summed E-state index contributed by atoms with van der Waals surface area (Å²) in [5, 5.41) is 11.9. The van der Waals surface area contributed by atoms with Crippen molar-refractivity contribution >= 4 is 12.0 Å². The fourth-order valence-corrected chi connectivity index (χ4v) is 2.84. The van der Waals surface area contributed by atoms with Crippen molar-refractivity contribution in [3.63, 3.8) is 0 Å². The Balaban J connectivity index is 1.66. The number of rotatable bonds is 8. The molecule has 1 fully saturated rings. The molecular weight excluding hydrogens is 320 g/mol. The molecule has 0 saturated carbocycles. The maximum Gasteiger partial charge on any atom is 0.317 e. The molecule has 6 nitrogen and oxygen atoms in total. The second kappa shape index (κ2) is 9.91. The number of hydrogen-bond acceptors (Lipinski definition) is 3. The number of carbonyl (C=O) groups excluding carboxylic acids is 1. The van der Waals surface area contributed by atoms with Gasteiger partial charge >= 0.3 is 12.0 Å². The molecule has 138 valence electrons. The van der Waals surface area contributed by atoms with Crippen molar-refractivity contribution in [2.75, 3.05) is 26.2 Å². The van der Waals surface area contributed by atoms with E-state index in [4.69, 9.17) is 9.84 Å². The van der Waals surface area contributed by atoms with Gasteiger partial charge in [-0.3, -0.25) is 4.79 Å². The number of urea groups is 1. The number of nitrogens with one attached hydrogen (secondary N) is 1. The van der Waals surface area contributed by atoms with Crippen molar-refractivity contribution in [2.45, 2.75) is 39.0 Å². The molecule has 25 heavy (non-hydrogen) atoms. The Hall–Kier alpha value is -2.24. The summed E-state index contributed by atoms with van der Waals surface area (Å²) < 4.78 is 5.63. The van der Waals surface area contributed by atoms with E-state index in [2.05, 4.69) is 12.2 Å². The number of likely N-dealkylation sites (tertiary alicyclic amines) is 1. The van der Waals surface area contributed by atoms with E-state index in [9.17, 15) is 9.59 Å². The molecule has 1 aromatic carbocycles. The van der Waals surface area contributed by atoms with Crippen LogP contribution in [0.2, 0.25) is 0 Å². The van der Waals surface area contributed by atoms with Gasteiger partial charge in [-0.1, -0.05) is 25.5 Å². The summed E-state index contributed by atoms with van der Waals surface area (Å²) in [6.07, 6.45) is 3.99. The molecular formula is C19H28N2O4. The molecule has 0 aromatic heterocycles. The number of carboxylic acids is 1. The summed E-state index contributed by atoms with van der Waals surface area (Å²) in [5.41, 5.74) is 1.15. The Morgan fingerprint density at radius 2 is 1.92 bits per heavy atom. The molecule has 1 aliphatic heterocycles. The Labute approximate surface area is 149 Å². The van der Waals surface area contributed by atoms with E-state index in [0.29, 0.717) is 32.5 Å². The number of amides is 2. The third kappa shape index (κ3) is 6.29. The standard InChI is InChI=1S/C19H28N2O4/c1-2-3-14-25-17-6-4-15(5-7-17)8-11-20-19(24)21-12-9-16(10-13-21)18(22)23/h4-7,16H,2-3,8-14H2,1H3,(H,20,24)(H,22,23). The van der Waals surface area contributed by atoms with Crippen LogP contribution in [0.1, 0.15) is 38.2 Å². The highest BCUT2D eigenvalue weighted by molar-refractivity contribution is 5.75. The van der Waals surface area contributed by atoms with Gasteiger partial charge in [-0.25, -0.2) is 4.79 Å². The first-order valence-corrected chi connectivity index (χ1v) is 9.07. The fourth-order valence-electron chi connectivity index (χ4n) is 2.84. The summed E-state index contributed by atoms with van der Waals surface area (Å²) in [4.78, 5) is 24.7. The van der Waals surface area contributed by atoms with Crippen LogP contribution in [-0.4, -0.2) is 48.2 Å². The summed E-state index contributed by atoms with van der Waals surface area (Å²) in [5.74, 6) is -0.202. The molecule has 0 spiro atoms. The number of carbonyl (C=O) groups is 2. The maximum atomic E-state index is 12.1. The van der Waals surface area contributed by atoms with Gasteiger partial charge < -0.3 is 20.1 Å². The third-order valence-corrected chi connectivity index (χ3v) is 4.51. The van der Waals surface area contributed by atoms with Crippen LogP contribution in [0.15, 0.2) is 24.3 Å². The molecule has 2 amide bonds. The second-order valence-electron chi connectivity index (χ2n) is 6.43. The molecule has 1 aliphatic rings. The Morgan fingerprint density at radius 3 is 2.52 bits per heavy atom. The molecule has 0 bridgehead atoms. The highest BCUT2D eigenvalue weighted by Gasteiger charge is 2.26. The molecule has 0 atom stereocenters. The number of carboxylic acid groups (broad SMARTS) is 1. The normalized spacial score (nSPS) is 15.0. The van der Waals surface area contributed by atoms with Crippen molar-refractivity contribution in [2.24, 2.45) is 5.92 Å². The minimum Gasteiger partial charge on any atom is -0.494 e. The van der Waals surface area contributed by atoms with Crippen molar-refractivity contribution < 1.29 is 19.4 Å². The lowest BCUT2D eigenvalue weighted by atomic mass is 9.97. The number of nitrogens with zero attached hydrogens (tertiary/aromatic N) is 1. The largest absolute Gasteiger partial charge is 0.494 e. The molecule has 6 heteroatoms. The first-order valence-electron chi connectivity index (χ1n) is 9.07. The smallest absolute Gasteiger partial charge is 0.317 e. The fraction of sp³-hybridized carbons (Fsp3) is 0.579. The van der Waals surface area contributed by atoms with E-state index < -0.39 is 5.97 Å². The molecule has 1 saturated heterocycles. The molecule has 2 rings (SSSR count). The Kier molecular flexibility index (Phi) is 7.57. The lowest BCUT2D eigenvalue weighted by Crippen LogP contribution is -2.45. The number of hydrogen-bond donors (Lipinski definition) is 2. The molecule has 2 N–H and O–H groups in total. The van der Waals surface area contributed by atoms with Crippen LogP contribution in [0.25, 0.3) is 0 Å². The van der Waals surface area contributed by atoms with E-state index in [1.54, 1.807) is 4.90 Å². The number of ether oxygens (including phenoxy) is 1. The van der Waals surface area contributed by atoms with Crippen molar-refractivity contribution in [3.8, 4) is 5.75 Å². The summed E-state index contributed by atoms with van der Waals surface area (Å²) in [6.45, 7) is 4.45. The quantitative estimate of drug-likeness (QED) is 0.708. The van der Waals surface area contributed by atoms with Crippen LogP contribution in [0.5, 0.6) is 5.75 Å². The maximum absolute atomic E-state index is 12.1. The number of unbranched alkanes of at least 4 members (excludes halogenated alkanes) is 1. The first-order chi connectivity index (χ1) is 12.1. The zero-order valence-electron chi connectivity index (χ0n) is 14.9. The lowest BCUT2D eigenvalue weighted by molar-refractivity contribution is -0.143. The second-order valence-corrected chi connectivity index (χ2v) is 6.43. The highest BCUT2D eigenvalue weighted by Crippen LogP contribution is 2.17. The lowest BCUT2D eigenvalue weighted by Gasteiger charge is -2.30. The van der Waals surface area contributed by atoms with Gasteiger partial charge in [0.25, 0.3) is 0 Å². The monoisotopic (exact) mass is 348 g/mol. The Bertz CT molecular complexity index is 551. The van der Waals surface area contributed by atoms with Crippen LogP contribution in [0.3, 0.4) is 0 Å². The van der Waals surface area contributed by atoms with Crippen molar-refractivity contribution in [1.29, 1.82) is 0 Å². The van der Waals surface area contributed by atoms with E-state index in [0.717, 1.165) is 37.2 Å². The van der Waals surface area contributed by atoms with Gasteiger partial charge in [0, 0.05) is 19.6 Å². The first kappa shape index (κ1) is 19.1. The number of piperidine rings is 1. The van der Waals surface area contributed by atoms with Gasteiger partial charge in [-0.2, -0.15) is 0 Å². The van der Waals surface area contributed by atoms with Crippen LogP contribution < -0.4 is 10.1 Å². The predicted molar refractivity (Wildman–Crippen MR) is 95.9 cm³/mol. The summed E-state index contributed by atoms with van der Waals surface area (Å²) >= 11 is 0. The summed E-state index contributed by atoms with van der Waals surface area (Å²) in [7, 11) is 0. The predicted octanol–water partition coefficient (Wildman–Crippen LogP) is 2.91. The van der Waals surface area contributed by atoms with Gasteiger partial charge in [0.2, 0.25) is 0 Å². The van der Waals surface area contributed by atoms with Crippen LogP contribution in [0, 0.1) is 5.92 Å². The summed E-state index contributed by atoms with van der Waals surface area (Å²) in [6, 6.07) is 7.85. The zero-order chi connectivity index (χ0) is 18.1. The SMILES string of the molecule is CCCCOc1ccc(CCNC(=O)N2CCC(C(=O)O)CC2)cc1. The molecule has 0 unspecified atom stereocenters. The number of aliphatic carboxylic acids is 1. The van der Waals surface area contributed by atoms with E-state index in [-0.39, 0.29) is 11.9 Å². The molecule has 1 heterocycles. The van der Waals surface area contributed by atoms with Gasteiger partial charge in [-0.15, -0.1) is 0 Å². The minimum atomic E-state index is -0.762.